The van der Waals surface area contributed by atoms with Crippen LogP contribution in [0, 0.1) is 6.92 Å². The molecule has 0 radical (unpaired) electrons. The Morgan fingerprint density at radius 1 is 1.24 bits per heavy atom. The van der Waals surface area contributed by atoms with Crippen molar-refractivity contribution in [1.29, 1.82) is 0 Å². The van der Waals surface area contributed by atoms with Crippen molar-refractivity contribution in [2.75, 3.05) is 13.1 Å². The van der Waals surface area contributed by atoms with Crippen molar-refractivity contribution < 1.29 is 0 Å². The second-order valence-electron chi connectivity index (χ2n) is 6.55. The van der Waals surface area contributed by atoms with Crippen LogP contribution in [0.1, 0.15) is 49.0 Å². The fourth-order valence-electron chi connectivity index (χ4n) is 4.21. The highest BCUT2D eigenvalue weighted by atomic mass is 35.5. The zero-order valence-corrected chi connectivity index (χ0v) is 13.5. The second-order valence-corrected chi connectivity index (χ2v) is 7.20. The Hall–Kier alpha value is -1.06. The summed E-state index contributed by atoms with van der Waals surface area (Å²) in [5, 5.41) is -0.0480. The van der Waals surface area contributed by atoms with Crippen LogP contribution in [0.2, 0.25) is 0 Å². The minimum absolute atomic E-state index is 0.0480. The van der Waals surface area contributed by atoms with E-state index in [-0.39, 0.29) is 5.38 Å². The summed E-state index contributed by atoms with van der Waals surface area (Å²) in [5.41, 5.74) is 3.63. The highest BCUT2D eigenvalue weighted by molar-refractivity contribution is 6.20. The molecule has 1 aromatic carbocycles. The fraction of sp³-hybridized carbons (Fsp3) is 0.588. The molecule has 0 bridgehead atoms. The Morgan fingerprint density at radius 2 is 2.10 bits per heavy atom. The normalized spacial score (nSPS) is 27.4. The predicted molar refractivity (Wildman–Crippen MR) is 87.0 cm³/mol. The van der Waals surface area contributed by atoms with Crippen molar-refractivity contribution >= 4 is 22.6 Å². The molecule has 2 fully saturated rings. The molecule has 4 heteroatoms. The standard InChI is InChI=1S/C17H22ClN3/c1-11-5-6-13-16(10-11)21(17(19-13)12(2)18)15-7-9-20-8-3-4-14(15)20/h5-6,10,12,14-15H,3-4,7-9H2,1-2H3. The predicted octanol–water partition coefficient (Wildman–Crippen LogP) is 4.05. The van der Waals surface area contributed by atoms with Gasteiger partial charge in [0.1, 0.15) is 5.82 Å². The van der Waals surface area contributed by atoms with Gasteiger partial charge >= 0.3 is 0 Å². The van der Waals surface area contributed by atoms with Gasteiger partial charge in [-0.05, 0) is 57.4 Å². The number of aryl methyl sites for hydroxylation is 1. The number of benzene rings is 1. The molecular weight excluding hydrogens is 282 g/mol. The fourth-order valence-corrected chi connectivity index (χ4v) is 4.36. The second kappa shape index (κ2) is 4.99. The van der Waals surface area contributed by atoms with Crippen molar-refractivity contribution in [2.45, 2.75) is 50.6 Å². The molecule has 2 aliphatic heterocycles. The van der Waals surface area contributed by atoms with Gasteiger partial charge in [0.2, 0.25) is 0 Å². The molecule has 4 rings (SSSR count). The number of nitrogens with zero attached hydrogens (tertiary/aromatic N) is 3. The van der Waals surface area contributed by atoms with Gasteiger partial charge in [-0.3, -0.25) is 4.90 Å². The monoisotopic (exact) mass is 303 g/mol. The first-order chi connectivity index (χ1) is 10.1. The number of aromatic nitrogens is 2. The average Bonchev–Trinajstić information content (AvgIpc) is 3.10. The van der Waals surface area contributed by atoms with Gasteiger partial charge in [-0.2, -0.15) is 0 Å². The molecule has 0 aliphatic carbocycles. The molecule has 1 aromatic heterocycles. The van der Waals surface area contributed by atoms with E-state index in [9.17, 15) is 0 Å². The van der Waals surface area contributed by atoms with Gasteiger partial charge in [0.15, 0.2) is 0 Å². The lowest BCUT2D eigenvalue weighted by atomic mass is 10.1. The summed E-state index contributed by atoms with van der Waals surface area (Å²) in [4.78, 5) is 7.47. The molecule has 0 spiro atoms. The Labute approximate surface area is 130 Å². The maximum Gasteiger partial charge on any atom is 0.128 e. The van der Waals surface area contributed by atoms with Gasteiger partial charge in [0, 0.05) is 12.6 Å². The third-order valence-electron chi connectivity index (χ3n) is 5.13. The van der Waals surface area contributed by atoms with E-state index in [4.69, 9.17) is 16.6 Å². The summed E-state index contributed by atoms with van der Waals surface area (Å²) in [6.07, 6.45) is 3.87. The first-order valence-electron chi connectivity index (χ1n) is 8.02. The quantitative estimate of drug-likeness (QED) is 0.780. The SMILES string of the molecule is Cc1ccc2nc(C(C)Cl)n(C3CCN4CCCC34)c2c1. The zero-order valence-electron chi connectivity index (χ0n) is 12.7. The summed E-state index contributed by atoms with van der Waals surface area (Å²) in [6, 6.07) is 7.75. The van der Waals surface area contributed by atoms with Crippen LogP contribution in [0.3, 0.4) is 0 Å². The van der Waals surface area contributed by atoms with Crippen molar-refractivity contribution in [3.8, 4) is 0 Å². The summed E-state index contributed by atoms with van der Waals surface area (Å²) in [6.45, 7) is 6.67. The molecule has 3 unspecified atom stereocenters. The maximum atomic E-state index is 6.44. The van der Waals surface area contributed by atoms with Crippen LogP contribution in [0.5, 0.6) is 0 Å². The number of imidazole rings is 1. The zero-order chi connectivity index (χ0) is 14.6. The van der Waals surface area contributed by atoms with E-state index in [2.05, 4.69) is 34.6 Å². The van der Waals surface area contributed by atoms with Crippen molar-refractivity contribution in [3.05, 3.63) is 29.6 Å². The number of hydrogen-bond donors (Lipinski definition) is 0. The Bertz CT molecular complexity index is 676. The highest BCUT2D eigenvalue weighted by Gasteiger charge is 2.39. The van der Waals surface area contributed by atoms with Gasteiger partial charge in [0.25, 0.3) is 0 Å². The number of halogens is 1. The summed E-state index contributed by atoms with van der Waals surface area (Å²) >= 11 is 6.44. The molecule has 3 atom stereocenters. The molecule has 0 N–H and O–H groups in total. The van der Waals surface area contributed by atoms with E-state index in [1.54, 1.807) is 0 Å². The molecule has 3 nitrogen and oxygen atoms in total. The molecule has 0 saturated carbocycles. The van der Waals surface area contributed by atoms with Gasteiger partial charge in [-0.15, -0.1) is 11.6 Å². The van der Waals surface area contributed by atoms with Gasteiger partial charge in [-0.1, -0.05) is 6.07 Å². The summed E-state index contributed by atoms with van der Waals surface area (Å²) in [7, 11) is 0. The lowest BCUT2D eigenvalue weighted by Crippen LogP contribution is -2.28. The van der Waals surface area contributed by atoms with E-state index in [0.29, 0.717) is 12.1 Å². The average molecular weight is 304 g/mol. The number of hydrogen-bond acceptors (Lipinski definition) is 2. The van der Waals surface area contributed by atoms with Gasteiger partial charge in [-0.25, -0.2) is 4.98 Å². The van der Waals surface area contributed by atoms with Crippen LogP contribution in [-0.4, -0.2) is 33.6 Å². The lowest BCUT2D eigenvalue weighted by molar-refractivity contribution is 0.290. The van der Waals surface area contributed by atoms with Crippen LogP contribution < -0.4 is 0 Å². The Morgan fingerprint density at radius 3 is 2.90 bits per heavy atom. The van der Waals surface area contributed by atoms with Crippen LogP contribution in [-0.2, 0) is 0 Å². The van der Waals surface area contributed by atoms with Crippen molar-refractivity contribution in [3.63, 3.8) is 0 Å². The van der Waals surface area contributed by atoms with E-state index in [1.807, 2.05) is 6.92 Å². The Balaban J connectivity index is 1.89. The van der Waals surface area contributed by atoms with Crippen LogP contribution >= 0.6 is 11.6 Å². The van der Waals surface area contributed by atoms with Crippen LogP contribution in [0.25, 0.3) is 11.0 Å². The molecule has 2 saturated heterocycles. The van der Waals surface area contributed by atoms with Crippen LogP contribution in [0.4, 0.5) is 0 Å². The number of rotatable bonds is 2. The van der Waals surface area contributed by atoms with Gasteiger partial charge in [0.05, 0.1) is 22.5 Å². The molecule has 2 aliphatic rings. The minimum Gasteiger partial charge on any atom is -0.322 e. The highest BCUT2D eigenvalue weighted by Crippen LogP contribution is 2.40. The molecule has 2 aromatic rings. The molecule has 0 amide bonds. The van der Waals surface area contributed by atoms with E-state index in [0.717, 1.165) is 11.3 Å². The van der Waals surface area contributed by atoms with Crippen molar-refractivity contribution in [2.24, 2.45) is 0 Å². The van der Waals surface area contributed by atoms with E-state index in [1.165, 1.54) is 43.4 Å². The Kier molecular flexibility index (Phi) is 3.23. The largest absolute Gasteiger partial charge is 0.322 e. The smallest absolute Gasteiger partial charge is 0.128 e. The number of fused-ring (bicyclic) bond motifs is 2. The summed E-state index contributed by atoms with van der Waals surface area (Å²) < 4.78 is 2.45. The van der Waals surface area contributed by atoms with Gasteiger partial charge < -0.3 is 4.57 Å². The van der Waals surface area contributed by atoms with Crippen molar-refractivity contribution in [1.82, 2.24) is 14.5 Å². The third-order valence-corrected chi connectivity index (χ3v) is 5.33. The van der Waals surface area contributed by atoms with E-state index < -0.39 is 0 Å². The summed E-state index contributed by atoms with van der Waals surface area (Å²) in [5.74, 6) is 1.04. The molecule has 21 heavy (non-hydrogen) atoms. The first-order valence-corrected chi connectivity index (χ1v) is 8.45. The molecular formula is C17H22ClN3. The molecule has 112 valence electrons. The minimum atomic E-state index is -0.0480. The van der Waals surface area contributed by atoms with Crippen LogP contribution in [0.15, 0.2) is 18.2 Å². The molecule has 3 heterocycles. The lowest BCUT2D eigenvalue weighted by Gasteiger charge is -2.24. The topological polar surface area (TPSA) is 21.1 Å². The maximum absolute atomic E-state index is 6.44. The first kappa shape index (κ1) is 13.6. The van der Waals surface area contributed by atoms with E-state index >= 15 is 0 Å². The number of alkyl halides is 1. The third kappa shape index (κ3) is 2.09.